The lowest BCUT2D eigenvalue weighted by molar-refractivity contribution is -0.133. The van der Waals surface area contributed by atoms with Gasteiger partial charge in [-0.2, -0.15) is 0 Å². The van der Waals surface area contributed by atoms with Gasteiger partial charge in [0.25, 0.3) is 11.8 Å². The quantitative estimate of drug-likeness (QED) is 0.343. The van der Waals surface area contributed by atoms with Crippen molar-refractivity contribution in [3.8, 4) is 16.9 Å². The molecule has 1 fully saturated rings. The molecular formula is C32H34Cl2N4O4. The average Bonchev–Trinajstić information content (AvgIpc) is 3.51. The number of hydrogen-bond donors (Lipinski definition) is 0. The Morgan fingerprint density at radius 1 is 0.905 bits per heavy atom. The van der Waals surface area contributed by atoms with E-state index < -0.39 is 0 Å². The van der Waals surface area contributed by atoms with Crippen LogP contribution in [0.2, 0.25) is 10.0 Å². The van der Waals surface area contributed by atoms with E-state index in [-0.39, 0.29) is 41.9 Å². The van der Waals surface area contributed by atoms with Gasteiger partial charge in [-0.3, -0.25) is 19.3 Å². The largest absolute Gasteiger partial charge is 0.482 e. The smallest absolute Gasteiger partial charge is 0.265 e. The third-order valence-corrected chi connectivity index (χ3v) is 8.62. The highest BCUT2D eigenvalue weighted by atomic mass is 35.5. The van der Waals surface area contributed by atoms with Crippen LogP contribution in [0.15, 0.2) is 60.7 Å². The molecule has 1 unspecified atom stereocenters. The first kappa shape index (κ1) is 29.9. The number of anilines is 1. The van der Waals surface area contributed by atoms with Crippen molar-refractivity contribution in [3.05, 3.63) is 81.8 Å². The van der Waals surface area contributed by atoms with Gasteiger partial charge in [0.15, 0.2) is 6.61 Å². The monoisotopic (exact) mass is 608 g/mol. The topological polar surface area (TPSA) is 73.4 Å². The molecule has 0 bridgehead atoms. The van der Waals surface area contributed by atoms with Crippen LogP contribution in [0.1, 0.15) is 34.8 Å². The Bertz CT molecular complexity index is 1470. The predicted octanol–water partition coefficient (Wildman–Crippen LogP) is 5.38. The number of carbonyl (C=O) groups excluding carboxylic acids is 3. The van der Waals surface area contributed by atoms with Crippen LogP contribution >= 0.6 is 23.2 Å². The molecule has 0 radical (unpaired) electrons. The molecule has 0 spiro atoms. The molecule has 0 aliphatic carbocycles. The molecule has 42 heavy (non-hydrogen) atoms. The molecule has 1 atom stereocenters. The Kier molecular flexibility index (Phi) is 9.06. The minimum absolute atomic E-state index is 0.0384. The molecule has 2 heterocycles. The van der Waals surface area contributed by atoms with Gasteiger partial charge in [0.1, 0.15) is 12.3 Å². The van der Waals surface area contributed by atoms with E-state index in [4.69, 9.17) is 27.9 Å². The number of halogens is 2. The molecule has 220 valence electrons. The van der Waals surface area contributed by atoms with Crippen LogP contribution in [0, 0.1) is 0 Å². The van der Waals surface area contributed by atoms with Crippen molar-refractivity contribution in [2.45, 2.75) is 18.9 Å². The van der Waals surface area contributed by atoms with E-state index in [2.05, 4.69) is 17.0 Å². The van der Waals surface area contributed by atoms with Crippen molar-refractivity contribution in [3.63, 3.8) is 0 Å². The summed E-state index contributed by atoms with van der Waals surface area (Å²) in [6.45, 7) is 2.35. The molecule has 3 aromatic rings. The summed E-state index contributed by atoms with van der Waals surface area (Å²) in [6.07, 6.45) is 2.27. The van der Waals surface area contributed by atoms with Crippen LogP contribution in [0.4, 0.5) is 5.69 Å². The minimum atomic E-state index is -0.318. The fourth-order valence-corrected chi connectivity index (χ4v) is 5.72. The van der Waals surface area contributed by atoms with Crippen molar-refractivity contribution in [1.82, 2.24) is 14.7 Å². The summed E-state index contributed by atoms with van der Waals surface area (Å²) in [7, 11) is 5.26. The molecular weight excluding hydrogens is 575 g/mol. The van der Waals surface area contributed by atoms with Gasteiger partial charge in [0.05, 0.1) is 21.8 Å². The van der Waals surface area contributed by atoms with Gasteiger partial charge in [-0.25, -0.2) is 0 Å². The Hall–Kier alpha value is -3.59. The van der Waals surface area contributed by atoms with Crippen LogP contribution in [0.3, 0.4) is 0 Å². The first-order chi connectivity index (χ1) is 20.1. The zero-order valence-corrected chi connectivity index (χ0v) is 25.5. The number of benzene rings is 3. The summed E-state index contributed by atoms with van der Waals surface area (Å²) in [5.74, 6) is -0.135. The fraction of sp³-hybridized carbons (Fsp3) is 0.344. The molecule has 1 saturated heterocycles. The first-order valence-electron chi connectivity index (χ1n) is 13.9. The number of ether oxygens (including phenoxy) is 1. The van der Waals surface area contributed by atoms with Gasteiger partial charge in [0, 0.05) is 39.3 Å². The Balaban J connectivity index is 1.37. The van der Waals surface area contributed by atoms with E-state index in [9.17, 15) is 14.4 Å². The highest BCUT2D eigenvalue weighted by Crippen LogP contribution is 2.39. The normalized spacial score (nSPS) is 15.6. The zero-order valence-electron chi connectivity index (χ0n) is 24.0. The maximum atomic E-state index is 13.7. The van der Waals surface area contributed by atoms with E-state index >= 15 is 0 Å². The third-order valence-electron chi connectivity index (χ3n) is 7.90. The minimum Gasteiger partial charge on any atom is -0.482 e. The standard InChI is InChI=1S/C32H34Cl2N4O4/c1-35(2)32(41)24-12-8-22(9-13-24)21-6-10-23(11-7-21)28(18-37-14-4-5-15-37)36(3)30(39)19-38-27-16-25(33)26(34)17-29(27)42-20-31(38)40/h6-13,16-17,28H,4-5,14-15,18-20H2,1-3H3. The lowest BCUT2D eigenvalue weighted by Crippen LogP contribution is -2.47. The summed E-state index contributed by atoms with van der Waals surface area (Å²) >= 11 is 12.4. The molecule has 2 aliphatic heterocycles. The van der Waals surface area contributed by atoms with Gasteiger partial charge in [-0.05, 0) is 60.8 Å². The predicted molar refractivity (Wildman–Crippen MR) is 165 cm³/mol. The number of likely N-dealkylation sites (N-methyl/N-ethyl adjacent to an activating group) is 1. The summed E-state index contributed by atoms with van der Waals surface area (Å²) in [6, 6.07) is 18.7. The molecule has 10 heteroatoms. The zero-order chi connectivity index (χ0) is 30.0. The van der Waals surface area contributed by atoms with Crippen LogP contribution in [-0.2, 0) is 9.59 Å². The highest BCUT2D eigenvalue weighted by molar-refractivity contribution is 6.42. The summed E-state index contributed by atoms with van der Waals surface area (Å²) in [5.41, 5.74) is 4.09. The van der Waals surface area contributed by atoms with Crippen LogP contribution in [-0.4, -0.2) is 86.4 Å². The van der Waals surface area contributed by atoms with Crippen molar-refractivity contribution in [1.29, 1.82) is 0 Å². The van der Waals surface area contributed by atoms with E-state index in [0.29, 0.717) is 28.6 Å². The van der Waals surface area contributed by atoms with Crippen molar-refractivity contribution < 1.29 is 19.1 Å². The van der Waals surface area contributed by atoms with Gasteiger partial charge < -0.3 is 19.4 Å². The second kappa shape index (κ2) is 12.7. The maximum Gasteiger partial charge on any atom is 0.265 e. The molecule has 2 aliphatic rings. The third kappa shape index (κ3) is 6.41. The highest BCUT2D eigenvalue weighted by Gasteiger charge is 2.32. The van der Waals surface area contributed by atoms with E-state index in [0.717, 1.165) is 42.6 Å². The SMILES string of the molecule is CN(C)C(=O)c1ccc(-c2ccc(C(CN3CCCC3)N(C)C(=O)CN3C(=O)COc4cc(Cl)c(Cl)cc43)cc2)cc1. The van der Waals surface area contributed by atoms with E-state index in [1.165, 1.54) is 4.90 Å². The van der Waals surface area contributed by atoms with E-state index in [1.54, 1.807) is 43.1 Å². The Labute approximate surface area is 256 Å². The number of carbonyl (C=O) groups is 3. The maximum absolute atomic E-state index is 13.7. The summed E-state index contributed by atoms with van der Waals surface area (Å²) in [4.78, 5) is 45.9. The van der Waals surface area contributed by atoms with Gasteiger partial charge in [0.2, 0.25) is 5.91 Å². The Morgan fingerprint density at radius 2 is 1.50 bits per heavy atom. The number of amides is 3. The average molecular weight is 610 g/mol. The Morgan fingerprint density at radius 3 is 2.12 bits per heavy atom. The number of rotatable bonds is 8. The lowest BCUT2D eigenvalue weighted by Gasteiger charge is -2.35. The number of fused-ring (bicyclic) bond motifs is 1. The number of hydrogen-bond acceptors (Lipinski definition) is 5. The molecule has 0 N–H and O–H groups in total. The van der Waals surface area contributed by atoms with Crippen LogP contribution < -0.4 is 9.64 Å². The number of nitrogens with zero attached hydrogens (tertiary/aromatic N) is 4. The van der Waals surface area contributed by atoms with Crippen LogP contribution in [0.5, 0.6) is 5.75 Å². The molecule has 8 nitrogen and oxygen atoms in total. The molecule has 0 saturated carbocycles. The molecule has 3 aromatic carbocycles. The summed E-state index contributed by atoms with van der Waals surface area (Å²) < 4.78 is 5.54. The lowest BCUT2D eigenvalue weighted by atomic mass is 9.98. The molecule has 3 amide bonds. The second-order valence-corrected chi connectivity index (χ2v) is 11.7. The fourth-order valence-electron chi connectivity index (χ4n) is 5.41. The van der Waals surface area contributed by atoms with Gasteiger partial charge >= 0.3 is 0 Å². The van der Waals surface area contributed by atoms with Crippen molar-refractivity contribution >= 4 is 46.6 Å². The van der Waals surface area contributed by atoms with Crippen LogP contribution in [0.25, 0.3) is 11.1 Å². The molecule has 0 aromatic heterocycles. The van der Waals surface area contributed by atoms with E-state index in [1.807, 2.05) is 36.4 Å². The second-order valence-electron chi connectivity index (χ2n) is 10.9. The number of likely N-dealkylation sites (tertiary alicyclic amines) is 1. The van der Waals surface area contributed by atoms with Gasteiger partial charge in [-0.1, -0.05) is 59.6 Å². The first-order valence-corrected chi connectivity index (χ1v) is 14.7. The van der Waals surface area contributed by atoms with Crippen molar-refractivity contribution in [2.24, 2.45) is 0 Å². The molecule has 5 rings (SSSR count). The van der Waals surface area contributed by atoms with Crippen molar-refractivity contribution in [2.75, 3.05) is 58.8 Å². The van der Waals surface area contributed by atoms with Gasteiger partial charge in [-0.15, -0.1) is 0 Å². The summed E-state index contributed by atoms with van der Waals surface area (Å²) in [5, 5.41) is 0.603.